The number of rotatable bonds is 12. The van der Waals surface area contributed by atoms with Gasteiger partial charge in [-0.05, 0) is 62.1 Å². The molecule has 0 saturated carbocycles. The lowest BCUT2D eigenvalue weighted by Crippen LogP contribution is -2.48. The van der Waals surface area contributed by atoms with E-state index in [1.54, 1.807) is 50.2 Å². The summed E-state index contributed by atoms with van der Waals surface area (Å²) < 4.78 is 26.3. The summed E-state index contributed by atoms with van der Waals surface area (Å²) in [6.45, 7) is 6.08. The highest BCUT2D eigenvalue weighted by atomic mass is 35.5. The average molecular weight is 577 g/mol. The molecule has 7 nitrogen and oxygen atoms in total. The number of nitrogens with one attached hydrogen (secondary N) is 1. The first-order chi connectivity index (χ1) is 16.8. The first-order valence-electron chi connectivity index (χ1n) is 11.6. The van der Waals surface area contributed by atoms with Crippen LogP contribution in [-0.4, -0.2) is 50.5 Å². The van der Waals surface area contributed by atoms with E-state index in [2.05, 4.69) is 5.32 Å². The maximum absolute atomic E-state index is 13.3. The van der Waals surface area contributed by atoms with Crippen molar-refractivity contribution in [3.8, 4) is 0 Å². The Morgan fingerprint density at radius 3 is 2.31 bits per heavy atom. The van der Waals surface area contributed by atoms with E-state index in [0.717, 1.165) is 18.2 Å². The number of hydrogen-bond acceptors (Lipinski definition) is 4. The Morgan fingerprint density at radius 1 is 1.06 bits per heavy atom. The van der Waals surface area contributed by atoms with Gasteiger partial charge in [0.2, 0.25) is 21.8 Å². The van der Waals surface area contributed by atoms with Gasteiger partial charge in [-0.25, -0.2) is 8.42 Å². The molecule has 1 atom stereocenters. The van der Waals surface area contributed by atoms with Crippen molar-refractivity contribution >= 4 is 62.3 Å². The number of anilines is 1. The number of nitrogens with zero attached hydrogens (tertiary/aromatic N) is 2. The molecule has 0 heterocycles. The molecule has 36 heavy (non-hydrogen) atoms. The van der Waals surface area contributed by atoms with E-state index in [0.29, 0.717) is 32.9 Å². The fraction of sp³-hybridized carbons (Fsp3) is 0.440. The van der Waals surface area contributed by atoms with Crippen LogP contribution in [0.25, 0.3) is 0 Å². The molecule has 0 saturated heterocycles. The molecule has 0 aliphatic heterocycles. The molecule has 0 spiro atoms. The Hall–Kier alpha value is -2.00. The second-order valence-corrected chi connectivity index (χ2v) is 11.8. The number of carbonyl (C=O) groups excluding carboxylic acids is 2. The van der Waals surface area contributed by atoms with Gasteiger partial charge in [-0.1, -0.05) is 53.9 Å². The molecule has 198 valence electrons. The number of aryl methyl sites for hydroxylation is 1. The summed E-state index contributed by atoms with van der Waals surface area (Å²) in [7, 11) is -3.62. The highest BCUT2D eigenvalue weighted by Crippen LogP contribution is 2.27. The van der Waals surface area contributed by atoms with Crippen LogP contribution < -0.4 is 9.62 Å². The van der Waals surface area contributed by atoms with Crippen molar-refractivity contribution in [3.05, 3.63) is 62.6 Å². The topological polar surface area (TPSA) is 86.8 Å². The van der Waals surface area contributed by atoms with Crippen LogP contribution in [0.2, 0.25) is 15.1 Å². The first-order valence-corrected chi connectivity index (χ1v) is 14.6. The zero-order valence-corrected chi connectivity index (χ0v) is 23.9. The molecule has 0 bridgehead atoms. The Bertz CT molecular complexity index is 1190. The molecule has 2 amide bonds. The van der Waals surface area contributed by atoms with Crippen molar-refractivity contribution in [2.24, 2.45) is 0 Å². The van der Waals surface area contributed by atoms with Gasteiger partial charge in [-0.3, -0.25) is 13.9 Å². The summed E-state index contributed by atoms with van der Waals surface area (Å²) in [5.41, 5.74) is 1.86. The van der Waals surface area contributed by atoms with E-state index < -0.39 is 16.1 Å². The van der Waals surface area contributed by atoms with Crippen molar-refractivity contribution in [2.45, 2.75) is 52.6 Å². The van der Waals surface area contributed by atoms with Gasteiger partial charge in [-0.2, -0.15) is 0 Å². The summed E-state index contributed by atoms with van der Waals surface area (Å²) in [5.74, 6) is -0.570. The Balaban J connectivity index is 2.22. The molecule has 0 aliphatic rings. The summed E-state index contributed by atoms with van der Waals surface area (Å²) in [4.78, 5) is 27.5. The lowest BCUT2D eigenvalue weighted by Gasteiger charge is -2.30. The standard InChI is InChI=1S/C25H32Cl3N3O4S/c1-5-12-29-25(33)18(3)30(16-19-9-11-20(26)14-22(19)28)24(32)7-6-13-31(36(4,34)35)23-15-21(27)10-8-17(23)2/h8-11,14-15,18H,5-7,12-13,16H2,1-4H3,(H,29,33). The quantitative estimate of drug-likeness (QED) is 0.364. The molecule has 0 aromatic heterocycles. The van der Waals surface area contributed by atoms with Gasteiger partial charge in [0, 0.05) is 41.1 Å². The van der Waals surface area contributed by atoms with Crippen LogP contribution in [0.5, 0.6) is 0 Å². The summed E-state index contributed by atoms with van der Waals surface area (Å²) in [6.07, 6.45) is 2.15. The number of halogens is 3. The van der Waals surface area contributed by atoms with Gasteiger partial charge in [0.1, 0.15) is 6.04 Å². The van der Waals surface area contributed by atoms with E-state index in [4.69, 9.17) is 34.8 Å². The van der Waals surface area contributed by atoms with Crippen LogP contribution in [0.3, 0.4) is 0 Å². The van der Waals surface area contributed by atoms with Gasteiger partial charge in [-0.15, -0.1) is 0 Å². The second-order valence-electron chi connectivity index (χ2n) is 8.59. The molecule has 0 aliphatic carbocycles. The number of sulfonamides is 1. The van der Waals surface area contributed by atoms with Crippen molar-refractivity contribution in [3.63, 3.8) is 0 Å². The van der Waals surface area contributed by atoms with Gasteiger partial charge < -0.3 is 10.2 Å². The lowest BCUT2D eigenvalue weighted by atomic mass is 10.1. The number of hydrogen-bond donors (Lipinski definition) is 1. The minimum atomic E-state index is -3.62. The Morgan fingerprint density at radius 2 is 1.69 bits per heavy atom. The van der Waals surface area contributed by atoms with E-state index in [9.17, 15) is 18.0 Å². The summed E-state index contributed by atoms with van der Waals surface area (Å²) in [5, 5.41) is 4.09. The normalized spacial score (nSPS) is 12.2. The van der Waals surface area contributed by atoms with Gasteiger partial charge >= 0.3 is 0 Å². The maximum Gasteiger partial charge on any atom is 0.242 e. The number of amides is 2. The molecule has 1 unspecified atom stereocenters. The minimum Gasteiger partial charge on any atom is -0.354 e. The highest BCUT2D eigenvalue weighted by Gasteiger charge is 2.27. The minimum absolute atomic E-state index is 0.0300. The fourth-order valence-electron chi connectivity index (χ4n) is 3.65. The van der Waals surface area contributed by atoms with E-state index in [1.807, 2.05) is 6.92 Å². The molecular formula is C25H32Cl3N3O4S. The van der Waals surface area contributed by atoms with Crippen LogP contribution in [-0.2, 0) is 26.2 Å². The van der Waals surface area contributed by atoms with E-state index in [-0.39, 0.29) is 37.7 Å². The first kappa shape index (κ1) is 30.2. The van der Waals surface area contributed by atoms with Gasteiger partial charge in [0.15, 0.2) is 0 Å². The fourth-order valence-corrected chi connectivity index (χ4v) is 5.29. The van der Waals surface area contributed by atoms with Crippen molar-refractivity contribution in [1.82, 2.24) is 10.2 Å². The third-order valence-corrected chi connectivity index (χ3v) is 7.67. The third-order valence-electron chi connectivity index (χ3n) is 5.66. The third kappa shape index (κ3) is 8.54. The smallest absolute Gasteiger partial charge is 0.242 e. The maximum atomic E-state index is 13.3. The molecule has 1 N–H and O–H groups in total. The molecule has 2 aromatic carbocycles. The second kappa shape index (κ2) is 13.5. The summed E-state index contributed by atoms with van der Waals surface area (Å²) in [6, 6.07) is 9.25. The average Bonchev–Trinajstić information content (AvgIpc) is 2.80. The van der Waals surface area contributed by atoms with Crippen LogP contribution >= 0.6 is 34.8 Å². The Labute approximate surface area is 228 Å². The van der Waals surface area contributed by atoms with Crippen molar-refractivity contribution in [1.29, 1.82) is 0 Å². The summed E-state index contributed by atoms with van der Waals surface area (Å²) >= 11 is 18.4. The highest BCUT2D eigenvalue weighted by molar-refractivity contribution is 7.92. The van der Waals surface area contributed by atoms with Crippen LogP contribution in [0, 0.1) is 6.92 Å². The molecule has 0 radical (unpaired) electrons. The zero-order chi connectivity index (χ0) is 27.0. The van der Waals surface area contributed by atoms with Crippen molar-refractivity contribution in [2.75, 3.05) is 23.7 Å². The monoisotopic (exact) mass is 575 g/mol. The predicted octanol–water partition coefficient (Wildman–Crippen LogP) is 5.44. The molecule has 2 aromatic rings. The molecule has 11 heteroatoms. The van der Waals surface area contributed by atoms with Crippen molar-refractivity contribution < 1.29 is 18.0 Å². The molecular weight excluding hydrogens is 545 g/mol. The van der Waals surface area contributed by atoms with E-state index in [1.165, 1.54) is 9.21 Å². The number of carbonyl (C=O) groups is 2. The SMILES string of the molecule is CCCNC(=O)C(C)N(Cc1ccc(Cl)cc1Cl)C(=O)CCCN(c1cc(Cl)ccc1C)S(C)(=O)=O. The largest absolute Gasteiger partial charge is 0.354 e. The number of benzene rings is 2. The lowest BCUT2D eigenvalue weighted by molar-refractivity contribution is -0.140. The Kier molecular flexibility index (Phi) is 11.3. The van der Waals surface area contributed by atoms with Gasteiger partial charge in [0.05, 0.1) is 11.9 Å². The zero-order valence-electron chi connectivity index (χ0n) is 20.9. The van der Waals surface area contributed by atoms with Crippen LogP contribution in [0.15, 0.2) is 36.4 Å². The molecule has 2 rings (SSSR count). The predicted molar refractivity (Wildman–Crippen MR) is 147 cm³/mol. The van der Waals surface area contributed by atoms with Gasteiger partial charge in [0.25, 0.3) is 0 Å². The van der Waals surface area contributed by atoms with E-state index >= 15 is 0 Å². The van der Waals surface area contributed by atoms with Crippen LogP contribution in [0.1, 0.15) is 44.2 Å². The van der Waals surface area contributed by atoms with Crippen LogP contribution in [0.4, 0.5) is 5.69 Å². The molecule has 0 fully saturated rings.